The molecule has 0 aliphatic rings. The third kappa shape index (κ3) is 1.92. The van der Waals surface area contributed by atoms with Gasteiger partial charge in [-0.3, -0.25) is 4.98 Å². The molecule has 2 rings (SSSR count). The monoisotopic (exact) mass is 221 g/mol. The van der Waals surface area contributed by atoms with E-state index in [1.165, 1.54) is 24.5 Å². The van der Waals surface area contributed by atoms with Crippen LogP contribution in [0.15, 0.2) is 36.7 Å². The zero-order valence-corrected chi connectivity index (χ0v) is 8.32. The van der Waals surface area contributed by atoms with Crippen molar-refractivity contribution in [3.63, 3.8) is 0 Å². The molecule has 1 N–H and O–H groups in total. The van der Waals surface area contributed by atoms with Gasteiger partial charge in [-0.1, -0.05) is 12.1 Å². The summed E-state index contributed by atoms with van der Waals surface area (Å²) in [7, 11) is 0. The van der Waals surface area contributed by atoms with Crippen LogP contribution in [0.25, 0.3) is 11.1 Å². The summed E-state index contributed by atoms with van der Waals surface area (Å²) in [5, 5.41) is 8.93. The van der Waals surface area contributed by atoms with E-state index in [0.29, 0.717) is 11.1 Å². The van der Waals surface area contributed by atoms with E-state index in [-0.39, 0.29) is 12.2 Å². The number of aromatic nitrogens is 1. The molecule has 1 aromatic heterocycles. The topological polar surface area (TPSA) is 33.1 Å². The first-order valence-electron chi connectivity index (χ1n) is 4.71. The minimum Gasteiger partial charge on any atom is -0.392 e. The van der Waals surface area contributed by atoms with Crippen molar-refractivity contribution in [1.82, 2.24) is 4.98 Å². The summed E-state index contributed by atoms with van der Waals surface area (Å²) in [6.07, 6.45) is 2.90. The van der Waals surface area contributed by atoms with Crippen molar-refractivity contribution in [3.05, 3.63) is 53.9 Å². The summed E-state index contributed by atoms with van der Waals surface area (Å²) in [5.74, 6) is -1.80. The number of hydrogen-bond acceptors (Lipinski definition) is 2. The summed E-state index contributed by atoms with van der Waals surface area (Å²) in [5.41, 5.74) is 1.15. The number of hydrogen-bond donors (Lipinski definition) is 1. The van der Waals surface area contributed by atoms with Crippen molar-refractivity contribution in [3.8, 4) is 11.1 Å². The van der Waals surface area contributed by atoms with Gasteiger partial charge in [0.15, 0.2) is 11.6 Å². The van der Waals surface area contributed by atoms with E-state index < -0.39 is 11.6 Å². The third-order valence-electron chi connectivity index (χ3n) is 2.24. The van der Waals surface area contributed by atoms with Crippen molar-refractivity contribution in [2.75, 3.05) is 0 Å². The fourth-order valence-corrected chi connectivity index (χ4v) is 1.45. The van der Waals surface area contributed by atoms with Crippen LogP contribution in [0, 0.1) is 11.6 Å². The Balaban J connectivity index is 2.54. The number of aliphatic hydroxyl groups is 1. The number of halogens is 2. The van der Waals surface area contributed by atoms with Gasteiger partial charge in [0.05, 0.1) is 6.61 Å². The first-order valence-corrected chi connectivity index (χ1v) is 4.71. The Bertz CT molecular complexity index is 514. The molecule has 0 spiro atoms. The summed E-state index contributed by atoms with van der Waals surface area (Å²) in [6, 6.07) is 5.53. The summed E-state index contributed by atoms with van der Waals surface area (Å²) < 4.78 is 26.5. The van der Waals surface area contributed by atoms with Crippen LogP contribution in [-0.4, -0.2) is 10.1 Å². The van der Waals surface area contributed by atoms with Crippen molar-refractivity contribution in [2.45, 2.75) is 6.61 Å². The maximum Gasteiger partial charge on any atom is 0.166 e. The molecule has 82 valence electrons. The molecule has 1 aromatic carbocycles. The lowest BCUT2D eigenvalue weighted by atomic mass is 10.1. The van der Waals surface area contributed by atoms with Crippen LogP contribution in [-0.2, 0) is 6.61 Å². The van der Waals surface area contributed by atoms with Gasteiger partial charge < -0.3 is 5.11 Å². The number of rotatable bonds is 2. The van der Waals surface area contributed by atoms with Crippen LogP contribution in [0.4, 0.5) is 8.78 Å². The Morgan fingerprint density at radius 3 is 2.75 bits per heavy atom. The smallest absolute Gasteiger partial charge is 0.166 e. The minimum absolute atomic E-state index is 0.141. The predicted molar refractivity (Wildman–Crippen MR) is 55.5 cm³/mol. The third-order valence-corrected chi connectivity index (χ3v) is 2.24. The van der Waals surface area contributed by atoms with E-state index in [4.69, 9.17) is 5.11 Å². The molecule has 0 bridgehead atoms. The Labute approximate surface area is 91.2 Å². The van der Waals surface area contributed by atoms with Crippen LogP contribution >= 0.6 is 0 Å². The van der Waals surface area contributed by atoms with Gasteiger partial charge in [0.1, 0.15) is 0 Å². The first kappa shape index (κ1) is 10.7. The average molecular weight is 221 g/mol. The summed E-state index contributed by atoms with van der Waals surface area (Å²) in [6.45, 7) is -0.183. The quantitative estimate of drug-likeness (QED) is 0.845. The molecule has 0 fully saturated rings. The standard InChI is InChI=1S/C12H9F2NO/c13-11-3-1-2-10(12(11)14)9-4-8(7-16)5-15-6-9/h1-6,16H,7H2. The number of benzene rings is 1. The SMILES string of the molecule is OCc1cncc(-c2cccc(F)c2F)c1. The highest BCUT2D eigenvalue weighted by atomic mass is 19.2. The Hall–Kier alpha value is -1.81. The Kier molecular flexibility index (Phi) is 2.92. The second-order valence-electron chi connectivity index (χ2n) is 3.34. The Morgan fingerprint density at radius 1 is 1.19 bits per heavy atom. The highest BCUT2D eigenvalue weighted by molar-refractivity contribution is 5.63. The van der Waals surface area contributed by atoms with Gasteiger partial charge >= 0.3 is 0 Å². The van der Waals surface area contributed by atoms with E-state index in [1.54, 1.807) is 6.07 Å². The van der Waals surface area contributed by atoms with Crippen LogP contribution in [0.5, 0.6) is 0 Å². The molecular weight excluding hydrogens is 212 g/mol. The normalized spacial score (nSPS) is 10.4. The molecule has 0 aliphatic carbocycles. The lowest BCUT2D eigenvalue weighted by Gasteiger charge is -2.04. The highest BCUT2D eigenvalue weighted by Gasteiger charge is 2.09. The summed E-state index contributed by atoms with van der Waals surface area (Å²) >= 11 is 0. The van der Waals surface area contributed by atoms with Gasteiger partial charge in [-0.05, 0) is 17.7 Å². The van der Waals surface area contributed by atoms with E-state index >= 15 is 0 Å². The second kappa shape index (κ2) is 4.37. The zero-order chi connectivity index (χ0) is 11.5. The van der Waals surface area contributed by atoms with Crippen molar-refractivity contribution >= 4 is 0 Å². The highest BCUT2D eigenvalue weighted by Crippen LogP contribution is 2.24. The van der Waals surface area contributed by atoms with Gasteiger partial charge in [-0.2, -0.15) is 0 Å². The number of pyridine rings is 1. The van der Waals surface area contributed by atoms with E-state index in [2.05, 4.69) is 4.98 Å². The largest absolute Gasteiger partial charge is 0.392 e. The van der Waals surface area contributed by atoms with E-state index in [0.717, 1.165) is 6.07 Å². The van der Waals surface area contributed by atoms with Gasteiger partial charge in [-0.15, -0.1) is 0 Å². The molecule has 4 heteroatoms. The molecule has 0 saturated carbocycles. The fraction of sp³-hybridized carbons (Fsp3) is 0.0833. The molecule has 2 nitrogen and oxygen atoms in total. The van der Waals surface area contributed by atoms with Crippen LogP contribution < -0.4 is 0 Å². The van der Waals surface area contributed by atoms with Gasteiger partial charge in [0.25, 0.3) is 0 Å². The van der Waals surface area contributed by atoms with Gasteiger partial charge in [0, 0.05) is 23.5 Å². The molecule has 0 radical (unpaired) electrons. The molecule has 2 aromatic rings. The lowest BCUT2D eigenvalue weighted by Crippen LogP contribution is -1.92. The maximum absolute atomic E-state index is 13.5. The molecule has 0 saturated heterocycles. The molecular formula is C12H9F2NO. The van der Waals surface area contributed by atoms with Crippen molar-refractivity contribution in [2.24, 2.45) is 0 Å². The van der Waals surface area contributed by atoms with Crippen LogP contribution in [0.1, 0.15) is 5.56 Å². The summed E-state index contributed by atoms with van der Waals surface area (Å²) in [4.78, 5) is 3.85. The molecule has 0 atom stereocenters. The van der Waals surface area contributed by atoms with Crippen molar-refractivity contribution in [1.29, 1.82) is 0 Å². The second-order valence-corrected chi connectivity index (χ2v) is 3.34. The molecule has 0 unspecified atom stereocenters. The molecule has 1 heterocycles. The maximum atomic E-state index is 13.5. The fourth-order valence-electron chi connectivity index (χ4n) is 1.45. The van der Waals surface area contributed by atoms with Gasteiger partial charge in [-0.25, -0.2) is 8.78 Å². The Morgan fingerprint density at radius 2 is 2.00 bits per heavy atom. The average Bonchev–Trinajstić information content (AvgIpc) is 2.33. The van der Waals surface area contributed by atoms with Gasteiger partial charge in [0.2, 0.25) is 0 Å². The number of aliphatic hydroxyl groups excluding tert-OH is 1. The minimum atomic E-state index is -0.903. The predicted octanol–water partition coefficient (Wildman–Crippen LogP) is 2.52. The molecule has 0 amide bonds. The zero-order valence-electron chi connectivity index (χ0n) is 8.32. The number of nitrogens with zero attached hydrogens (tertiary/aromatic N) is 1. The molecule has 16 heavy (non-hydrogen) atoms. The van der Waals surface area contributed by atoms with E-state index in [9.17, 15) is 8.78 Å². The van der Waals surface area contributed by atoms with Crippen LogP contribution in [0.3, 0.4) is 0 Å². The van der Waals surface area contributed by atoms with E-state index in [1.807, 2.05) is 0 Å². The first-order chi connectivity index (χ1) is 7.72. The lowest BCUT2D eigenvalue weighted by molar-refractivity contribution is 0.281. The molecule has 0 aliphatic heterocycles. The van der Waals surface area contributed by atoms with Crippen LogP contribution in [0.2, 0.25) is 0 Å². The van der Waals surface area contributed by atoms with Crippen molar-refractivity contribution < 1.29 is 13.9 Å².